The van der Waals surface area contributed by atoms with Gasteiger partial charge in [0.15, 0.2) is 11.5 Å². The van der Waals surface area contributed by atoms with Gasteiger partial charge in [-0.3, -0.25) is 14.4 Å². The highest BCUT2D eigenvalue weighted by Crippen LogP contribution is 2.49. The van der Waals surface area contributed by atoms with Gasteiger partial charge in [-0.2, -0.15) is 0 Å². The van der Waals surface area contributed by atoms with Crippen molar-refractivity contribution in [3.63, 3.8) is 0 Å². The van der Waals surface area contributed by atoms with Crippen molar-refractivity contribution in [3.05, 3.63) is 81.8 Å². The number of ether oxygens (including phenoxy) is 2. The number of hydrogen-bond donors (Lipinski definition) is 3. The second-order valence-corrected chi connectivity index (χ2v) is 11.4. The minimum atomic E-state index is -1.74. The van der Waals surface area contributed by atoms with Gasteiger partial charge in [-0.1, -0.05) is 36.4 Å². The van der Waals surface area contributed by atoms with E-state index in [-0.39, 0.29) is 6.42 Å². The zero-order chi connectivity index (χ0) is 29.9. The maximum absolute atomic E-state index is 14.0. The van der Waals surface area contributed by atoms with Gasteiger partial charge in [-0.25, -0.2) is 0 Å². The predicted molar refractivity (Wildman–Crippen MR) is 161 cm³/mol. The van der Waals surface area contributed by atoms with Gasteiger partial charge in [0, 0.05) is 23.7 Å². The molecule has 0 spiro atoms. The van der Waals surface area contributed by atoms with E-state index in [2.05, 4.69) is 26.6 Å². The zero-order valence-corrected chi connectivity index (χ0v) is 25.4. The number of carbonyl (C=O) groups is 3. The van der Waals surface area contributed by atoms with Gasteiger partial charge in [0.1, 0.15) is 11.7 Å². The molecule has 3 aromatic carbocycles. The largest absolute Gasteiger partial charge is 0.492 e. The van der Waals surface area contributed by atoms with Crippen LogP contribution in [-0.2, 0) is 14.4 Å². The van der Waals surface area contributed by atoms with Crippen LogP contribution in [0.2, 0.25) is 0 Å². The van der Waals surface area contributed by atoms with E-state index in [0.29, 0.717) is 39.5 Å². The van der Waals surface area contributed by atoms with Crippen LogP contribution in [0.5, 0.6) is 11.5 Å². The first-order valence-corrected chi connectivity index (χ1v) is 14.3. The molecule has 1 aliphatic carbocycles. The molecule has 8 nitrogen and oxygen atoms in total. The molecule has 2 amide bonds. The molecule has 41 heavy (non-hydrogen) atoms. The summed E-state index contributed by atoms with van der Waals surface area (Å²) in [6, 6.07) is 17.9. The van der Waals surface area contributed by atoms with Gasteiger partial charge < -0.3 is 25.2 Å². The van der Waals surface area contributed by atoms with Gasteiger partial charge in [0.05, 0.1) is 29.7 Å². The molecule has 0 aromatic heterocycles. The highest BCUT2D eigenvalue weighted by molar-refractivity contribution is 9.10. The molecule has 0 heterocycles. The van der Waals surface area contributed by atoms with E-state index < -0.39 is 41.0 Å². The molecule has 4 unspecified atom stereocenters. The van der Waals surface area contributed by atoms with E-state index in [0.717, 1.165) is 11.1 Å². The van der Waals surface area contributed by atoms with Crippen molar-refractivity contribution in [2.75, 3.05) is 24.4 Å². The molecule has 4 rings (SSSR count). The van der Waals surface area contributed by atoms with E-state index in [1.165, 1.54) is 14.0 Å². The van der Waals surface area contributed by atoms with E-state index in [4.69, 9.17) is 9.47 Å². The molecule has 3 aromatic rings. The molecular formula is C32H35BrN2O6. The standard InChI is InChI=1S/C32H35BrN2O6/c1-6-41-25-16-20(15-21(33)29(25)40-5)26-27(30(37)34-22-13-9-7-11-18(22)2)24(36)17-32(4,39)28(26)31(38)35-23-14-10-8-12-19(23)3/h7-16,26-28,39H,6,17H2,1-5H3,(H,34,37)(H,35,38). The zero-order valence-electron chi connectivity index (χ0n) is 23.8. The quantitative estimate of drug-likeness (QED) is 0.274. The summed E-state index contributed by atoms with van der Waals surface area (Å²) < 4.78 is 11.9. The van der Waals surface area contributed by atoms with Gasteiger partial charge in [-0.15, -0.1) is 0 Å². The summed E-state index contributed by atoms with van der Waals surface area (Å²) in [7, 11) is 1.51. The van der Waals surface area contributed by atoms with Crippen LogP contribution in [0.3, 0.4) is 0 Å². The highest BCUT2D eigenvalue weighted by Gasteiger charge is 2.56. The first kappa shape index (κ1) is 30.3. The van der Waals surface area contributed by atoms with Crippen molar-refractivity contribution in [3.8, 4) is 11.5 Å². The fourth-order valence-corrected chi connectivity index (χ4v) is 6.20. The summed E-state index contributed by atoms with van der Waals surface area (Å²) in [5, 5.41) is 17.5. The maximum Gasteiger partial charge on any atom is 0.235 e. The number of benzene rings is 3. The van der Waals surface area contributed by atoms with Crippen LogP contribution in [-0.4, -0.2) is 42.0 Å². The third-order valence-electron chi connectivity index (χ3n) is 7.56. The predicted octanol–water partition coefficient (Wildman–Crippen LogP) is 5.79. The lowest BCUT2D eigenvalue weighted by molar-refractivity contribution is -0.150. The summed E-state index contributed by atoms with van der Waals surface area (Å²) in [6.07, 6.45) is -0.364. The summed E-state index contributed by atoms with van der Waals surface area (Å²) in [6.45, 7) is 7.35. The summed E-state index contributed by atoms with van der Waals surface area (Å²) >= 11 is 3.53. The fraction of sp³-hybridized carbons (Fsp3) is 0.344. The lowest BCUT2D eigenvalue weighted by Crippen LogP contribution is -2.56. The topological polar surface area (TPSA) is 114 Å². The molecule has 1 fully saturated rings. The highest BCUT2D eigenvalue weighted by atomic mass is 79.9. The Morgan fingerprint density at radius 3 is 2.10 bits per heavy atom. The van der Waals surface area contributed by atoms with Crippen molar-refractivity contribution in [2.45, 2.75) is 45.6 Å². The minimum absolute atomic E-state index is 0.335. The minimum Gasteiger partial charge on any atom is -0.492 e. The third-order valence-corrected chi connectivity index (χ3v) is 8.15. The molecule has 3 N–H and O–H groups in total. The number of hydrogen-bond acceptors (Lipinski definition) is 6. The van der Waals surface area contributed by atoms with Crippen molar-refractivity contribution in [1.29, 1.82) is 0 Å². The number of rotatable bonds is 8. The molecule has 0 bridgehead atoms. The fourth-order valence-electron chi connectivity index (χ4n) is 5.58. The van der Waals surface area contributed by atoms with Crippen LogP contribution in [0, 0.1) is 25.7 Å². The smallest absolute Gasteiger partial charge is 0.235 e. The van der Waals surface area contributed by atoms with Crippen LogP contribution in [0.15, 0.2) is 65.1 Å². The first-order valence-electron chi connectivity index (χ1n) is 13.5. The Kier molecular flexibility index (Phi) is 9.19. The second kappa shape index (κ2) is 12.4. The normalized spacial score (nSPS) is 22.1. The molecule has 9 heteroatoms. The van der Waals surface area contributed by atoms with Crippen molar-refractivity contribution in [1.82, 2.24) is 0 Å². The second-order valence-electron chi connectivity index (χ2n) is 10.6. The number of halogens is 1. The Morgan fingerprint density at radius 2 is 1.56 bits per heavy atom. The summed E-state index contributed by atoms with van der Waals surface area (Å²) in [5.41, 5.74) is 1.54. The molecule has 1 saturated carbocycles. The number of ketones is 1. The number of Topliss-reactive ketones (excluding diaryl/α,β-unsaturated/α-hetero) is 1. The number of nitrogens with one attached hydrogen (secondary N) is 2. The summed E-state index contributed by atoms with van der Waals surface area (Å²) in [5.74, 6) is -4.15. The number of amides is 2. The SMILES string of the molecule is CCOc1cc(C2C(C(=O)Nc3ccccc3C)C(=O)CC(C)(O)C2C(=O)Nc2ccccc2C)cc(Br)c1OC. The molecule has 0 radical (unpaired) electrons. The molecule has 4 atom stereocenters. The van der Waals surface area contributed by atoms with Crippen LogP contribution in [0.25, 0.3) is 0 Å². The van der Waals surface area contributed by atoms with Crippen LogP contribution in [0.4, 0.5) is 11.4 Å². The molecule has 1 aliphatic rings. The third kappa shape index (κ3) is 6.31. The lowest BCUT2D eigenvalue weighted by Gasteiger charge is -2.44. The Balaban J connectivity index is 1.88. The molecule has 216 valence electrons. The first-order chi connectivity index (χ1) is 19.5. The van der Waals surface area contributed by atoms with Crippen LogP contribution >= 0.6 is 15.9 Å². The van der Waals surface area contributed by atoms with Gasteiger partial charge in [-0.05, 0) is 84.6 Å². The number of anilines is 2. The van der Waals surface area contributed by atoms with Crippen LogP contribution < -0.4 is 20.1 Å². The number of aliphatic hydroxyl groups is 1. The van der Waals surface area contributed by atoms with E-state index in [1.807, 2.05) is 45.0 Å². The number of para-hydroxylation sites is 2. The van der Waals surface area contributed by atoms with Gasteiger partial charge >= 0.3 is 0 Å². The molecule has 0 aliphatic heterocycles. The molecular weight excluding hydrogens is 588 g/mol. The van der Waals surface area contributed by atoms with Crippen molar-refractivity contribution >= 4 is 44.9 Å². The van der Waals surface area contributed by atoms with Gasteiger partial charge in [0.25, 0.3) is 0 Å². The van der Waals surface area contributed by atoms with E-state index in [1.54, 1.807) is 36.4 Å². The Hall–Kier alpha value is -3.69. The van der Waals surface area contributed by atoms with Gasteiger partial charge in [0.2, 0.25) is 11.8 Å². The average Bonchev–Trinajstić information content (AvgIpc) is 2.90. The Bertz CT molecular complexity index is 1470. The van der Waals surface area contributed by atoms with E-state index >= 15 is 0 Å². The number of carbonyl (C=O) groups excluding carboxylic acids is 3. The molecule has 0 saturated heterocycles. The van der Waals surface area contributed by atoms with Crippen molar-refractivity contribution in [2.24, 2.45) is 11.8 Å². The lowest BCUT2D eigenvalue weighted by atomic mass is 9.61. The van der Waals surface area contributed by atoms with Crippen LogP contribution in [0.1, 0.15) is 42.9 Å². The Morgan fingerprint density at radius 1 is 1.00 bits per heavy atom. The van der Waals surface area contributed by atoms with Crippen molar-refractivity contribution < 1.29 is 29.0 Å². The number of aryl methyl sites for hydroxylation is 2. The average molecular weight is 624 g/mol. The summed E-state index contributed by atoms with van der Waals surface area (Å²) in [4.78, 5) is 41.6. The monoisotopic (exact) mass is 622 g/mol. The Labute approximate surface area is 248 Å². The number of methoxy groups -OCH3 is 1. The van der Waals surface area contributed by atoms with E-state index in [9.17, 15) is 19.5 Å². The maximum atomic E-state index is 14.0.